The monoisotopic (exact) mass is 266 g/mol. The Morgan fingerprint density at radius 3 is 1.56 bits per heavy atom. The van der Waals surface area contributed by atoms with Crippen molar-refractivity contribution >= 4 is 20.2 Å². The molecule has 0 saturated heterocycles. The first kappa shape index (κ1) is 13.1. The van der Waals surface area contributed by atoms with E-state index in [0.29, 0.717) is 0 Å². The van der Waals surface area contributed by atoms with Crippen LogP contribution in [0.5, 0.6) is 0 Å². The first-order valence-corrected chi connectivity index (χ1v) is 6.86. The van der Waals surface area contributed by atoms with Crippen molar-refractivity contribution in [1.29, 1.82) is 0 Å². The van der Waals surface area contributed by atoms with Crippen LogP contribution in [0.15, 0.2) is 34.1 Å². The molecule has 0 radical (unpaired) electrons. The fourth-order valence-corrected chi connectivity index (χ4v) is 2.47. The van der Waals surface area contributed by atoms with E-state index in [0.717, 1.165) is 20.3 Å². The molecule has 0 aliphatic heterocycles. The maximum atomic E-state index is 11.3. The van der Waals surface area contributed by atoms with Crippen molar-refractivity contribution in [2.24, 2.45) is 0 Å². The van der Waals surface area contributed by atoms with E-state index in [4.69, 9.17) is 0 Å². The zero-order valence-electron chi connectivity index (χ0n) is 8.58. The Labute approximate surface area is 94.1 Å². The van der Waals surface area contributed by atoms with E-state index in [1.165, 1.54) is 18.2 Å². The molecule has 0 saturated carbocycles. The molecule has 0 fully saturated rings. The van der Waals surface area contributed by atoms with Gasteiger partial charge in [0.1, 0.15) is 0 Å². The predicted molar refractivity (Wildman–Crippen MR) is 54.8 cm³/mol. The average molecular weight is 266 g/mol. The summed E-state index contributed by atoms with van der Waals surface area (Å²) < 4.78 is 53.8. The Morgan fingerprint density at radius 1 is 0.875 bits per heavy atom. The van der Waals surface area contributed by atoms with Crippen LogP contribution in [0.1, 0.15) is 0 Å². The van der Waals surface area contributed by atoms with E-state index in [9.17, 15) is 16.8 Å². The molecule has 0 aliphatic carbocycles. The first-order valence-electron chi connectivity index (χ1n) is 4.05. The summed E-state index contributed by atoms with van der Waals surface area (Å²) in [6.07, 6.45) is 0. The second-order valence-corrected chi connectivity index (χ2v) is 6.14. The lowest BCUT2D eigenvalue weighted by Crippen LogP contribution is -2.06. The average Bonchev–Trinajstić information content (AvgIpc) is 2.29. The first-order chi connectivity index (χ1) is 7.33. The summed E-state index contributed by atoms with van der Waals surface area (Å²) in [4.78, 5) is -0.485. The molecule has 1 aromatic rings. The molecule has 0 unspecified atom stereocenters. The van der Waals surface area contributed by atoms with Crippen LogP contribution >= 0.6 is 0 Å². The summed E-state index contributed by atoms with van der Waals surface area (Å²) in [5, 5.41) is 0. The van der Waals surface area contributed by atoms with Crippen molar-refractivity contribution in [1.82, 2.24) is 0 Å². The van der Waals surface area contributed by atoms with Gasteiger partial charge in [-0.15, -0.1) is 0 Å². The van der Waals surface area contributed by atoms with E-state index in [-0.39, 0.29) is 9.79 Å². The van der Waals surface area contributed by atoms with Crippen molar-refractivity contribution in [3.63, 3.8) is 0 Å². The van der Waals surface area contributed by atoms with Gasteiger partial charge in [-0.05, 0) is 18.2 Å². The molecular formula is C8H10O6S2. The van der Waals surface area contributed by atoms with Gasteiger partial charge in [-0.1, -0.05) is 6.07 Å². The highest BCUT2D eigenvalue weighted by atomic mass is 32.2. The molecule has 0 amide bonds. The molecule has 0 bridgehead atoms. The van der Waals surface area contributed by atoms with Gasteiger partial charge in [0, 0.05) is 0 Å². The highest BCUT2D eigenvalue weighted by Crippen LogP contribution is 2.18. The highest BCUT2D eigenvalue weighted by Gasteiger charge is 2.18. The molecule has 0 aromatic heterocycles. The van der Waals surface area contributed by atoms with E-state index in [1.807, 2.05) is 0 Å². The minimum absolute atomic E-state index is 0.242. The maximum absolute atomic E-state index is 11.3. The third-order valence-corrected chi connectivity index (χ3v) is 4.36. The molecular weight excluding hydrogens is 256 g/mol. The number of hydrogen-bond acceptors (Lipinski definition) is 6. The second-order valence-electron chi connectivity index (χ2n) is 2.72. The molecule has 0 spiro atoms. The lowest BCUT2D eigenvalue weighted by atomic mass is 10.4. The molecule has 0 heterocycles. The molecule has 90 valence electrons. The van der Waals surface area contributed by atoms with E-state index >= 15 is 0 Å². The molecule has 0 N–H and O–H groups in total. The topological polar surface area (TPSA) is 86.7 Å². The molecule has 16 heavy (non-hydrogen) atoms. The van der Waals surface area contributed by atoms with Gasteiger partial charge in [-0.25, -0.2) is 0 Å². The molecule has 0 atom stereocenters. The van der Waals surface area contributed by atoms with Crippen LogP contribution in [0, 0.1) is 0 Å². The highest BCUT2D eigenvalue weighted by molar-refractivity contribution is 7.87. The smallest absolute Gasteiger partial charge is 0.270 e. The number of benzene rings is 1. The Morgan fingerprint density at radius 2 is 1.25 bits per heavy atom. The van der Waals surface area contributed by atoms with Crippen LogP contribution in [0.4, 0.5) is 0 Å². The van der Waals surface area contributed by atoms with Crippen LogP contribution in [0.25, 0.3) is 0 Å². The molecule has 8 heteroatoms. The van der Waals surface area contributed by atoms with Crippen LogP contribution in [-0.2, 0) is 28.6 Å². The molecule has 0 aliphatic rings. The summed E-state index contributed by atoms with van der Waals surface area (Å²) in [5.74, 6) is 0. The quantitative estimate of drug-likeness (QED) is 0.731. The summed E-state index contributed by atoms with van der Waals surface area (Å²) in [6, 6.07) is 4.72. The minimum atomic E-state index is -3.91. The van der Waals surface area contributed by atoms with Crippen molar-refractivity contribution in [3.05, 3.63) is 24.3 Å². The summed E-state index contributed by atoms with van der Waals surface area (Å²) >= 11 is 0. The van der Waals surface area contributed by atoms with Gasteiger partial charge in [0.05, 0.1) is 24.0 Å². The third-order valence-electron chi connectivity index (χ3n) is 1.82. The Hall–Kier alpha value is -0.960. The standard InChI is InChI=1S/C8H10O6S2/c1-13-15(9,10)7-4-3-5-8(6-7)16(11,12)14-2/h3-6H,1-2H3. The van der Waals surface area contributed by atoms with Crippen molar-refractivity contribution in [2.75, 3.05) is 14.2 Å². The fraction of sp³-hybridized carbons (Fsp3) is 0.250. The maximum Gasteiger partial charge on any atom is 0.296 e. The van der Waals surface area contributed by atoms with Gasteiger partial charge in [-0.2, -0.15) is 16.8 Å². The lowest BCUT2D eigenvalue weighted by Gasteiger charge is -2.04. The zero-order valence-corrected chi connectivity index (χ0v) is 10.2. The summed E-state index contributed by atoms with van der Waals surface area (Å²) in [6.45, 7) is 0. The van der Waals surface area contributed by atoms with Gasteiger partial charge in [-0.3, -0.25) is 8.37 Å². The Balaban J connectivity index is 3.37. The van der Waals surface area contributed by atoms with Crippen molar-refractivity contribution < 1.29 is 25.2 Å². The SMILES string of the molecule is COS(=O)(=O)c1cccc(S(=O)(=O)OC)c1. The van der Waals surface area contributed by atoms with Crippen molar-refractivity contribution in [3.8, 4) is 0 Å². The Bertz CT molecular complexity index is 523. The number of rotatable bonds is 4. The Kier molecular flexibility index (Phi) is 3.68. The van der Waals surface area contributed by atoms with Gasteiger partial charge in [0.15, 0.2) is 0 Å². The minimum Gasteiger partial charge on any atom is -0.270 e. The fourth-order valence-electron chi connectivity index (χ4n) is 0.978. The van der Waals surface area contributed by atoms with Crippen LogP contribution in [0.3, 0.4) is 0 Å². The molecule has 6 nitrogen and oxygen atoms in total. The van der Waals surface area contributed by atoms with E-state index < -0.39 is 20.2 Å². The van der Waals surface area contributed by atoms with Crippen LogP contribution < -0.4 is 0 Å². The van der Waals surface area contributed by atoms with E-state index in [1.54, 1.807) is 0 Å². The van der Waals surface area contributed by atoms with Crippen molar-refractivity contribution in [2.45, 2.75) is 9.79 Å². The van der Waals surface area contributed by atoms with Gasteiger partial charge >= 0.3 is 0 Å². The van der Waals surface area contributed by atoms with Gasteiger partial charge in [0.25, 0.3) is 20.2 Å². The van der Waals surface area contributed by atoms with E-state index in [2.05, 4.69) is 8.37 Å². The summed E-state index contributed by atoms with van der Waals surface area (Å²) in [7, 11) is -5.83. The molecule has 1 aromatic carbocycles. The van der Waals surface area contributed by atoms with Crippen LogP contribution in [-0.4, -0.2) is 31.1 Å². The third kappa shape index (κ3) is 2.59. The van der Waals surface area contributed by atoms with Crippen LogP contribution in [0.2, 0.25) is 0 Å². The second kappa shape index (κ2) is 4.50. The largest absolute Gasteiger partial charge is 0.296 e. The molecule has 1 rings (SSSR count). The predicted octanol–water partition coefficient (Wildman–Crippen LogP) is 0.357. The normalized spacial score (nSPS) is 12.6. The zero-order chi connectivity index (χ0) is 12.4. The van der Waals surface area contributed by atoms with Gasteiger partial charge in [0.2, 0.25) is 0 Å². The lowest BCUT2D eigenvalue weighted by molar-refractivity contribution is 0.395. The number of hydrogen-bond donors (Lipinski definition) is 0. The summed E-state index contributed by atoms with van der Waals surface area (Å²) in [5.41, 5.74) is 0. The van der Waals surface area contributed by atoms with Gasteiger partial charge < -0.3 is 0 Å².